The van der Waals surface area contributed by atoms with E-state index in [-0.39, 0.29) is 24.2 Å². The number of amides is 1. The highest BCUT2D eigenvalue weighted by Gasteiger charge is 2.36. The second kappa shape index (κ2) is 7.72. The lowest BCUT2D eigenvalue weighted by Gasteiger charge is -2.37. The van der Waals surface area contributed by atoms with E-state index in [9.17, 15) is 13.2 Å². The molecule has 2 saturated heterocycles. The van der Waals surface area contributed by atoms with Crippen molar-refractivity contribution in [1.29, 1.82) is 0 Å². The van der Waals surface area contributed by atoms with Crippen LogP contribution in [0.4, 0.5) is 0 Å². The Bertz CT molecular complexity index is 482. The Morgan fingerprint density at radius 3 is 2.73 bits per heavy atom. The molecule has 22 heavy (non-hydrogen) atoms. The van der Waals surface area contributed by atoms with Gasteiger partial charge in [-0.05, 0) is 38.5 Å². The molecule has 1 unspecified atom stereocenters. The number of rotatable bonds is 6. The van der Waals surface area contributed by atoms with Crippen LogP contribution in [-0.4, -0.2) is 63.4 Å². The topological polar surface area (TPSA) is 102 Å². The zero-order chi connectivity index (χ0) is 16.2. The first kappa shape index (κ1) is 17.7. The Balaban J connectivity index is 1.90. The first-order chi connectivity index (χ1) is 10.4. The quantitative estimate of drug-likeness (QED) is 0.702. The highest BCUT2D eigenvalue weighted by Crippen LogP contribution is 2.26. The minimum Gasteiger partial charge on any atom is -0.364 e. The third-order valence-electron chi connectivity index (χ3n) is 4.40. The minimum absolute atomic E-state index is 0.0101. The van der Waals surface area contributed by atoms with E-state index < -0.39 is 10.0 Å². The molecule has 2 aliphatic rings. The average molecular weight is 333 g/mol. The number of nitrogens with two attached hydrogens (primary N) is 1. The van der Waals surface area contributed by atoms with Crippen molar-refractivity contribution in [2.24, 2.45) is 5.73 Å². The summed E-state index contributed by atoms with van der Waals surface area (Å²) in [4.78, 5) is 14.5. The van der Waals surface area contributed by atoms with E-state index in [1.54, 1.807) is 0 Å². The average Bonchev–Trinajstić information content (AvgIpc) is 2.95. The molecule has 2 heterocycles. The van der Waals surface area contributed by atoms with Crippen LogP contribution in [0.5, 0.6) is 0 Å². The lowest BCUT2D eigenvalue weighted by atomic mass is 9.98. The third kappa shape index (κ3) is 4.91. The van der Waals surface area contributed by atoms with Crippen LogP contribution in [0.1, 0.15) is 38.5 Å². The van der Waals surface area contributed by atoms with E-state index in [1.807, 2.05) is 4.90 Å². The maximum absolute atomic E-state index is 12.7. The minimum atomic E-state index is -3.18. The van der Waals surface area contributed by atoms with Gasteiger partial charge >= 0.3 is 0 Å². The summed E-state index contributed by atoms with van der Waals surface area (Å²) < 4.78 is 30.5. The van der Waals surface area contributed by atoms with Gasteiger partial charge in [0.2, 0.25) is 10.0 Å². The highest BCUT2D eigenvalue weighted by molar-refractivity contribution is 7.88. The van der Waals surface area contributed by atoms with Crippen LogP contribution in [0.2, 0.25) is 0 Å². The summed E-state index contributed by atoms with van der Waals surface area (Å²) in [5.74, 6) is 0.0417. The van der Waals surface area contributed by atoms with Crippen molar-refractivity contribution in [3.63, 3.8) is 0 Å². The maximum Gasteiger partial charge on any atom is 0.251 e. The van der Waals surface area contributed by atoms with Crippen molar-refractivity contribution in [1.82, 2.24) is 9.62 Å². The van der Waals surface area contributed by atoms with Crippen molar-refractivity contribution < 1.29 is 17.9 Å². The summed E-state index contributed by atoms with van der Waals surface area (Å²) in [7, 11) is -3.18. The number of nitrogens with one attached hydrogen (secondary N) is 1. The van der Waals surface area contributed by atoms with Crippen LogP contribution in [0, 0.1) is 0 Å². The fourth-order valence-electron chi connectivity index (χ4n) is 3.25. The monoisotopic (exact) mass is 333 g/mol. The van der Waals surface area contributed by atoms with E-state index in [2.05, 4.69) is 4.72 Å². The van der Waals surface area contributed by atoms with Crippen molar-refractivity contribution in [2.45, 2.75) is 56.8 Å². The molecule has 0 aromatic heterocycles. The van der Waals surface area contributed by atoms with Gasteiger partial charge in [-0.1, -0.05) is 0 Å². The molecule has 2 aliphatic heterocycles. The molecule has 3 atom stereocenters. The molecule has 2 fully saturated rings. The van der Waals surface area contributed by atoms with Crippen LogP contribution < -0.4 is 10.5 Å². The van der Waals surface area contributed by atoms with Gasteiger partial charge in [-0.3, -0.25) is 4.79 Å². The number of hydrogen-bond acceptors (Lipinski definition) is 5. The Kier molecular flexibility index (Phi) is 6.19. The largest absolute Gasteiger partial charge is 0.364 e. The highest BCUT2D eigenvalue weighted by atomic mass is 32.2. The molecular weight excluding hydrogens is 306 g/mol. The lowest BCUT2D eigenvalue weighted by molar-refractivity contribution is -0.146. The smallest absolute Gasteiger partial charge is 0.251 e. The fraction of sp³-hybridized carbons (Fsp3) is 0.929. The molecule has 0 aliphatic carbocycles. The summed E-state index contributed by atoms with van der Waals surface area (Å²) in [5.41, 5.74) is 5.59. The fourth-order valence-corrected chi connectivity index (χ4v) is 3.74. The van der Waals surface area contributed by atoms with Gasteiger partial charge in [-0.2, -0.15) is 0 Å². The Hall–Kier alpha value is -0.700. The number of carbonyl (C=O) groups is 1. The first-order valence-electron chi connectivity index (χ1n) is 8.01. The number of nitrogens with zero attached hydrogens (tertiary/aromatic N) is 1. The molecule has 0 saturated carbocycles. The van der Waals surface area contributed by atoms with Gasteiger partial charge in [-0.15, -0.1) is 0 Å². The third-order valence-corrected chi connectivity index (χ3v) is 5.13. The summed E-state index contributed by atoms with van der Waals surface area (Å²) in [6.45, 7) is 1.55. The molecule has 0 aromatic carbocycles. The molecule has 0 spiro atoms. The first-order valence-corrected chi connectivity index (χ1v) is 9.90. The molecule has 8 heteroatoms. The van der Waals surface area contributed by atoms with Gasteiger partial charge in [0.05, 0.1) is 12.4 Å². The number of likely N-dealkylation sites (tertiary alicyclic amines) is 1. The summed E-state index contributed by atoms with van der Waals surface area (Å²) in [6.07, 6.45) is 5.96. The second-order valence-corrected chi connectivity index (χ2v) is 8.03. The van der Waals surface area contributed by atoms with E-state index in [4.69, 9.17) is 10.5 Å². The summed E-state index contributed by atoms with van der Waals surface area (Å²) in [6, 6.07) is 0.0935. The van der Waals surface area contributed by atoms with Crippen molar-refractivity contribution in [2.75, 3.05) is 25.9 Å². The summed E-state index contributed by atoms with van der Waals surface area (Å²) in [5, 5.41) is 0. The van der Waals surface area contributed by atoms with Crippen LogP contribution in [0.15, 0.2) is 0 Å². The second-order valence-electron chi connectivity index (χ2n) is 6.20. The lowest BCUT2D eigenvalue weighted by Crippen LogP contribution is -2.49. The maximum atomic E-state index is 12.7. The summed E-state index contributed by atoms with van der Waals surface area (Å²) >= 11 is 0. The van der Waals surface area contributed by atoms with E-state index in [0.29, 0.717) is 19.5 Å². The molecule has 2 rings (SSSR count). The van der Waals surface area contributed by atoms with Crippen LogP contribution in [-0.2, 0) is 19.6 Å². The zero-order valence-electron chi connectivity index (χ0n) is 13.2. The van der Waals surface area contributed by atoms with E-state index in [1.165, 1.54) is 0 Å². The molecule has 0 radical (unpaired) electrons. The Morgan fingerprint density at radius 1 is 1.32 bits per heavy atom. The standard InChI is InChI=1S/C14H27N3O4S/c1-22(19,20)16-8-7-11-4-2-3-9-17(11)14(18)13-6-5-12(10-15)21-13/h11-13,16H,2-10,15H2,1H3/t11?,12-,13+/m1/s1. The Morgan fingerprint density at radius 2 is 2.09 bits per heavy atom. The van der Waals surface area contributed by atoms with Crippen LogP contribution >= 0.6 is 0 Å². The Labute approximate surface area is 132 Å². The van der Waals surface area contributed by atoms with Gasteiger partial charge in [0, 0.05) is 25.7 Å². The molecule has 3 N–H and O–H groups in total. The van der Waals surface area contributed by atoms with Crippen LogP contribution in [0.3, 0.4) is 0 Å². The van der Waals surface area contributed by atoms with E-state index >= 15 is 0 Å². The van der Waals surface area contributed by atoms with Crippen molar-refractivity contribution in [3.05, 3.63) is 0 Å². The van der Waals surface area contributed by atoms with Crippen molar-refractivity contribution in [3.8, 4) is 0 Å². The number of carbonyl (C=O) groups excluding carboxylic acids is 1. The molecule has 128 valence electrons. The zero-order valence-corrected chi connectivity index (χ0v) is 14.0. The van der Waals surface area contributed by atoms with Gasteiger partial charge in [-0.25, -0.2) is 13.1 Å². The molecular formula is C14H27N3O4S. The van der Waals surface area contributed by atoms with Gasteiger partial charge in [0.15, 0.2) is 0 Å². The van der Waals surface area contributed by atoms with Gasteiger partial charge < -0.3 is 15.4 Å². The van der Waals surface area contributed by atoms with E-state index in [0.717, 1.165) is 44.9 Å². The van der Waals surface area contributed by atoms with Crippen LogP contribution in [0.25, 0.3) is 0 Å². The molecule has 1 amide bonds. The number of hydrogen-bond donors (Lipinski definition) is 2. The van der Waals surface area contributed by atoms with Gasteiger partial charge in [0.25, 0.3) is 5.91 Å². The predicted octanol–water partition coefficient (Wildman–Crippen LogP) is -0.187. The molecule has 7 nitrogen and oxygen atoms in total. The SMILES string of the molecule is CS(=O)(=O)NCCC1CCCCN1C(=O)[C@@H]1CC[C@H](CN)O1. The normalized spacial score (nSPS) is 29.7. The molecule has 0 aromatic rings. The number of piperidine rings is 1. The predicted molar refractivity (Wildman–Crippen MR) is 83.8 cm³/mol. The number of ether oxygens (including phenoxy) is 1. The van der Waals surface area contributed by atoms with Gasteiger partial charge in [0.1, 0.15) is 6.10 Å². The number of sulfonamides is 1. The van der Waals surface area contributed by atoms with Crippen molar-refractivity contribution >= 4 is 15.9 Å². The molecule has 0 bridgehead atoms.